The Labute approximate surface area is 172 Å². The third-order valence-corrected chi connectivity index (χ3v) is 5.05. The lowest BCUT2D eigenvalue weighted by Crippen LogP contribution is -2.66. The van der Waals surface area contributed by atoms with Crippen LogP contribution in [0.2, 0.25) is 0 Å². The Hall–Kier alpha value is -2.42. The molecule has 0 aliphatic carbocycles. The minimum atomic E-state index is -1.43. The molecule has 0 radical (unpaired) electrons. The Balaban J connectivity index is 1.67. The van der Waals surface area contributed by atoms with Gasteiger partial charge < -0.3 is 47.1 Å². The monoisotopic (exact) mass is 424 g/mol. The van der Waals surface area contributed by atoms with E-state index in [1.165, 1.54) is 12.7 Å². The number of aliphatic hydroxyl groups is 3. The Morgan fingerprint density at radius 3 is 2.80 bits per heavy atom. The average Bonchev–Trinajstić information content (AvgIpc) is 3.23. The van der Waals surface area contributed by atoms with E-state index >= 15 is 0 Å². The minimum absolute atomic E-state index is 0.301. The van der Waals surface area contributed by atoms with E-state index in [4.69, 9.17) is 16.2 Å². The number of nitrogens with zero attached hydrogens (tertiary/aromatic N) is 3. The summed E-state index contributed by atoms with van der Waals surface area (Å²) in [6.45, 7) is 0.00638. The third-order valence-electron chi connectivity index (χ3n) is 5.05. The number of nitrogens with two attached hydrogens (primary N) is 2. The molecule has 1 fully saturated rings. The molecule has 2 aromatic rings. The molecule has 2 aromatic heterocycles. The lowest BCUT2D eigenvalue weighted by atomic mass is 9.95. The van der Waals surface area contributed by atoms with Gasteiger partial charge in [-0.2, -0.15) is 0 Å². The van der Waals surface area contributed by atoms with Gasteiger partial charge in [-0.05, 0) is 19.4 Å². The van der Waals surface area contributed by atoms with Crippen LogP contribution < -0.4 is 22.1 Å². The van der Waals surface area contributed by atoms with Gasteiger partial charge in [-0.1, -0.05) is 6.42 Å². The van der Waals surface area contributed by atoms with Crippen LogP contribution in [0.25, 0.3) is 11.2 Å². The van der Waals surface area contributed by atoms with E-state index in [1.54, 1.807) is 0 Å². The molecule has 3 rings (SSSR count). The number of hydrogen-bond donors (Lipinski definition) is 8. The van der Waals surface area contributed by atoms with Crippen LogP contribution in [0, 0.1) is 0 Å². The number of amides is 1. The molecule has 0 saturated carbocycles. The summed E-state index contributed by atoms with van der Waals surface area (Å²) in [6, 6.07) is -1.85. The number of rotatable bonds is 9. The molecule has 10 N–H and O–H groups in total. The van der Waals surface area contributed by atoms with Crippen molar-refractivity contribution in [3.05, 3.63) is 12.7 Å². The second kappa shape index (κ2) is 10.1. The molecule has 13 nitrogen and oxygen atoms in total. The highest BCUT2D eigenvalue weighted by atomic mass is 16.5. The van der Waals surface area contributed by atoms with E-state index in [1.807, 2.05) is 0 Å². The predicted octanol–water partition coefficient (Wildman–Crippen LogP) is -2.86. The van der Waals surface area contributed by atoms with Crippen LogP contribution in [0.5, 0.6) is 0 Å². The normalized spacial score (nSPS) is 27.7. The Morgan fingerprint density at radius 2 is 2.07 bits per heavy atom. The van der Waals surface area contributed by atoms with Gasteiger partial charge in [0, 0.05) is 0 Å². The van der Waals surface area contributed by atoms with Crippen molar-refractivity contribution in [2.75, 3.05) is 18.5 Å². The van der Waals surface area contributed by atoms with Crippen molar-refractivity contribution in [2.24, 2.45) is 11.5 Å². The second-order valence-electron chi connectivity index (χ2n) is 7.15. The van der Waals surface area contributed by atoms with Crippen LogP contribution in [0.1, 0.15) is 19.3 Å². The third kappa shape index (κ3) is 4.83. The molecule has 0 bridgehead atoms. The van der Waals surface area contributed by atoms with Crippen molar-refractivity contribution in [1.29, 1.82) is 0 Å². The largest absolute Gasteiger partial charge is 0.394 e. The molecule has 0 aromatic carbocycles. The van der Waals surface area contributed by atoms with E-state index in [9.17, 15) is 20.1 Å². The molecule has 166 valence electrons. The van der Waals surface area contributed by atoms with Crippen LogP contribution in [0.15, 0.2) is 12.7 Å². The molecule has 0 unspecified atom stereocenters. The fourth-order valence-electron chi connectivity index (χ4n) is 3.34. The summed E-state index contributed by atoms with van der Waals surface area (Å²) in [7, 11) is 0. The number of imidazole rings is 1. The SMILES string of the molecule is NCCCC[C@H](N)C(=O)N[C@@H]1[C@@H](O)[C@H](O)[C@@H](Nc2ncnc3nc[nH]c23)O[C@H]1CO. The molecule has 6 atom stereocenters. The molecule has 1 aliphatic heterocycles. The van der Waals surface area contributed by atoms with Gasteiger partial charge in [0.1, 0.15) is 30.2 Å². The van der Waals surface area contributed by atoms with Gasteiger partial charge in [0.05, 0.1) is 25.0 Å². The number of aliphatic hydroxyl groups excluding tert-OH is 3. The molecule has 1 saturated heterocycles. The van der Waals surface area contributed by atoms with Gasteiger partial charge in [-0.15, -0.1) is 0 Å². The van der Waals surface area contributed by atoms with E-state index in [0.29, 0.717) is 36.4 Å². The number of carbonyl (C=O) groups excluding carboxylic acids is 1. The first-order chi connectivity index (χ1) is 14.5. The Kier molecular flexibility index (Phi) is 7.47. The molecular formula is C17H28N8O5. The number of hydrogen-bond acceptors (Lipinski definition) is 11. The van der Waals surface area contributed by atoms with E-state index in [-0.39, 0.29) is 0 Å². The fourth-order valence-corrected chi connectivity index (χ4v) is 3.34. The van der Waals surface area contributed by atoms with Crippen molar-refractivity contribution in [3.8, 4) is 0 Å². The topological polar surface area (TPSA) is 218 Å². The molecule has 1 aliphatic rings. The van der Waals surface area contributed by atoms with E-state index in [0.717, 1.165) is 6.42 Å². The van der Waals surface area contributed by atoms with Crippen LogP contribution in [0.3, 0.4) is 0 Å². The number of unbranched alkanes of at least 4 members (excludes halogenated alkanes) is 1. The van der Waals surface area contributed by atoms with Gasteiger partial charge in [-0.3, -0.25) is 4.79 Å². The summed E-state index contributed by atoms with van der Waals surface area (Å²) in [5, 5.41) is 36.3. The second-order valence-corrected chi connectivity index (χ2v) is 7.15. The highest BCUT2D eigenvalue weighted by Gasteiger charge is 2.45. The highest BCUT2D eigenvalue weighted by molar-refractivity contribution is 5.82. The number of fused-ring (bicyclic) bond motifs is 1. The maximum Gasteiger partial charge on any atom is 0.237 e. The maximum absolute atomic E-state index is 12.4. The fraction of sp³-hybridized carbons (Fsp3) is 0.647. The van der Waals surface area contributed by atoms with E-state index < -0.39 is 49.1 Å². The molecular weight excluding hydrogens is 396 g/mol. The number of carbonyl (C=O) groups is 1. The zero-order valence-electron chi connectivity index (χ0n) is 16.3. The molecule has 13 heteroatoms. The number of H-pyrrole nitrogens is 1. The maximum atomic E-state index is 12.4. The van der Waals surface area contributed by atoms with Crippen LogP contribution in [-0.2, 0) is 9.53 Å². The molecule has 3 heterocycles. The van der Waals surface area contributed by atoms with Gasteiger partial charge >= 0.3 is 0 Å². The standard InChI is InChI=1S/C17H28N8O5/c18-4-2-1-3-8(19)16(29)24-10-9(5-26)30-17(13(28)12(10)27)25-15-11-14(21-6-20-11)22-7-23-15/h6-10,12-13,17,26-28H,1-5,18-19H2,(H,24,29)(H2,20,21,22,23,25)/t8-,9-,10-,12+,13-,17-/m0/s1. The summed E-state index contributed by atoms with van der Waals surface area (Å²) < 4.78 is 5.70. The molecule has 30 heavy (non-hydrogen) atoms. The highest BCUT2D eigenvalue weighted by Crippen LogP contribution is 2.24. The zero-order valence-corrected chi connectivity index (χ0v) is 16.3. The Bertz CT molecular complexity index is 833. The number of ether oxygens (including phenoxy) is 1. The van der Waals surface area contributed by atoms with Gasteiger partial charge in [0.25, 0.3) is 0 Å². The summed E-state index contributed by atoms with van der Waals surface area (Å²) in [6.07, 6.45) is -0.358. The van der Waals surface area contributed by atoms with Crippen LogP contribution in [-0.4, -0.2) is 90.9 Å². The van der Waals surface area contributed by atoms with Crippen molar-refractivity contribution >= 4 is 22.9 Å². The number of nitrogens with one attached hydrogen (secondary N) is 3. The first-order valence-electron chi connectivity index (χ1n) is 9.75. The zero-order chi connectivity index (χ0) is 21.7. The minimum Gasteiger partial charge on any atom is -0.394 e. The summed E-state index contributed by atoms with van der Waals surface area (Å²) >= 11 is 0. The lowest BCUT2D eigenvalue weighted by molar-refractivity contribution is -0.185. The van der Waals surface area contributed by atoms with Crippen molar-refractivity contribution < 1.29 is 24.9 Å². The van der Waals surface area contributed by atoms with Crippen LogP contribution in [0.4, 0.5) is 5.82 Å². The smallest absolute Gasteiger partial charge is 0.237 e. The first kappa shape index (κ1) is 22.3. The van der Waals surface area contributed by atoms with Gasteiger partial charge in [-0.25, -0.2) is 15.0 Å². The first-order valence-corrected chi connectivity index (χ1v) is 9.75. The quantitative estimate of drug-likeness (QED) is 0.191. The summed E-state index contributed by atoms with van der Waals surface area (Å²) in [5.41, 5.74) is 12.2. The summed E-state index contributed by atoms with van der Waals surface area (Å²) in [5.74, 6) is -0.207. The summed E-state index contributed by atoms with van der Waals surface area (Å²) in [4.78, 5) is 27.3. The lowest BCUT2D eigenvalue weighted by Gasteiger charge is -2.43. The number of aromatic amines is 1. The van der Waals surface area contributed by atoms with Crippen molar-refractivity contribution in [1.82, 2.24) is 25.3 Å². The predicted molar refractivity (Wildman–Crippen MR) is 106 cm³/mol. The molecule has 1 amide bonds. The van der Waals surface area contributed by atoms with Gasteiger partial charge in [0.2, 0.25) is 5.91 Å². The average molecular weight is 424 g/mol. The van der Waals surface area contributed by atoms with Crippen molar-refractivity contribution in [2.45, 2.75) is 55.9 Å². The van der Waals surface area contributed by atoms with Crippen molar-refractivity contribution in [3.63, 3.8) is 0 Å². The molecule has 0 spiro atoms. The Morgan fingerprint density at radius 1 is 1.27 bits per heavy atom. The van der Waals surface area contributed by atoms with Gasteiger partial charge in [0.15, 0.2) is 17.7 Å². The van der Waals surface area contributed by atoms with Crippen LogP contribution >= 0.6 is 0 Å². The number of anilines is 1. The van der Waals surface area contributed by atoms with E-state index in [2.05, 4.69) is 30.6 Å². The number of aromatic nitrogens is 4.